The van der Waals surface area contributed by atoms with E-state index in [1.54, 1.807) is 12.4 Å². The van der Waals surface area contributed by atoms with E-state index in [0.717, 1.165) is 11.4 Å². The molecule has 0 spiro atoms. The van der Waals surface area contributed by atoms with E-state index in [0.29, 0.717) is 13.0 Å². The van der Waals surface area contributed by atoms with Gasteiger partial charge in [-0.15, -0.1) is 0 Å². The zero-order valence-corrected chi connectivity index (χ0v) is 7.80. The molecule has 1 aromatic heterocycles. The number of aryl methyl sites for hydroxylation is 1. The maximum atomic E-state index is 8.00. The van der Waals surface area contributed by atoms with Crippen molar-refractivity contribution >= 4 is 0 Å². The average molecular weight is 187 g/mol. The van der Waals surface area contributed by atoms with Crippen molar-refractivity contribution in [2.75, 3.05) is 6.54 Å². The van der Waals surface area contributed by atoms with Crippen LogP contribution in [0.25, 0.3) is 10.4 Å². The lowest BCUT2D eigenvalue weighted by Gasteiger charge is -1.89. The maximum absolute atomic E-state index is 8.00. The van der Waals surface area contributed by atoms with Gasteiger partial charge in [-0.1, -0.05) is 17.0 Å². The average Bonchev–Trinajstić information content (AvgIpc) is 2.21. The molecule has 0 aliphatic heterocycles. The second-order valence-electron chi connectivity index (χ2n) is 2.53. The summed E-state index contributed by atoms with van der Waals surface area (Å²) in [7, 11) is 0. The van der Waals surface area contributed by atoms with Crippen LogP contribution in [0.5, 0.6) is 0 Å². The summed E-state index contributed by atoms with van der Waals surface area (Å²) >= 11 is 0. The number of azide groups is 1. The van der Waals surface area contributed by atoms with Crippen LogP contribution in [0.1, 0.15) is 17.8 Å². The standard InChI is InChI=1S/C9H9N5/c1-8-11-6-9(7-12-8)4-2-3-5-13-14-10/h6-7H,3,5H2,1H3. The van der Waals surface area contributed by atoms with Gasteiger partial charge in [-0.2, -0.15) is 0 Å². The largest absolute Gasteiger partial charge is 0.240 e. The Labute approximate surface area is 81.8 Å². The van der Waals surface area contributed by atoms with Gasteiger partial charge in [0.1, 0.15) is 5.82 Å². The molecule has 0 atom stereocenters. The molecule has 14 heavy (non-hydrogen) atoms. The van der Waals surface area contributed by atoms with Crippen LogP contribution in [0.2, 0.25) is 0 Å². The van der Waals surface area contributed by atoms with Crippen molar-refractivity contribution in [3.63, 3.8) is 0 Å². The molecule has 0 amide bonds. The molecule has 0 saturated heterocycles. The van der Waals surface area contributed by atoms with E-state index in [9.17, 15) is 0 Å². The normalized spacial score (nSPS) is 8.36. The summed E-state index contributed by atoms with van der Waals surface area (Å²) in [5, 5.41) is 3.36. The van der Waals surface area contributed by atoms with E-state index in [4.69, 9.17) is 5.53 Å². The van der Waals surface area contributed by atoms with Crippen LogP contribution in [-0.2, 0) is 0 Å². The molecule has 0 aromatic carbocycles. The minimum Gasteiger partial charge on any atom is -0.240 e. The summed E-state index contributed by atoms with van der Waals surface area (Å²) in [6.45, 7) is 2.22. The zero-order valence-electron chi connectivity index (χ0n) is 7.80. The first-order valence-electron chi connectivity index (χ1n) is 4.11. The topological polar surface area (TPSA) is 74.5 Å². The molecule has 0 N–H and O–H groups in total. The van der Waals surface area contributed by atoms with Gasteiger partial charge in [0.15, 0.2) is 0 Å². The summed E-state index contributed by atoms with van der Waals surface area (Å²) in [6.07, 6.45) is 3.89. The zero-order chi connectivity index (χ0) is 10.2. The van der Waals surface area contributed by atoms with Crippen LogP contribution in [0.15, 0.2) is 17.5 Å². The van der Waals surface area contributed by atoms with E-state index in [-0.39, 0.29) is 0 Å². The van der Waals surface area contributed by atoms with Crippen molar-refractivity contribution in [1.82, 2.24) is 9.97 Å². The maximum Gasteiger partial charge on any atom is 0.125 e. The van der Waals surface area contributed by atoms with Crippen molar-refractivity contribution in [2.24, 2.45) is 5.11 Å². The van der Waals surface area contributed by atoms with Gasteiger partial charge in [-0.05, 0) is 12.5 Å². The lowest BCUT2D eigenvalue weighted by molar-refractivity contribution is 1.01. The lowest BCUT2D eigenvalue weighted by atomic mass is 10.3. The molecule has 0 unspecified atom stereocenters. The van der Waals surface area contributed by atoms with E-state index in [1.165, 1.54) is 0 Å². The molecule has 0 fully saturated rings. The Morgan fingerprint density at radius 1 is 1.50 bits per heavy atom. The molecule has 0 bridgehead atoms. The fraction of sp³-hybridized carbons (Fsp3) is 0.333. The second kappa shape index (κ2) is 5.57. The highest BCUT2D eigenvalue weighted by molar-refractivity contribution is 5.29. The molecule has 0 aliphatic rings. The number of aromatic nitrogens is 2. The molecule has 1 aromatic rings. The molecular formula is C9H9N5. The first-order chi connectivity index (χ1) is 6.83. The van der Waals surface area contributed by atoms with Crippen molar-refractivity contribution < 1.29 is 0 Å². The van der Waals surface area contributed by atoms with E-state index in [2.05, 4.69) is 31.8 Å². The highest BCUT2D eigenvalue weighted by Crippen LogP contribution is 1.92. The molecule has 5 nitrogen and oxygen atoms in total. The first-order valence-corrected chi connectivity index (χ1v) is 4.11. The SMILES string of the molecule is Cc1ncc(C#CCCN=[N+]=[N-])cn1. The highest BCUT2D eigenvalue weighted by Gasteiger charge is 1.87. The fourth-order valence-corrected chi connectivity index (χ4v) is 0.772. The van der Waals surface area contributed by atoms with Gasteiger partial charge in [0.25, 0.3) is 0 Å². The Balaban J connectivity index is 2.51. The predicted molar refractivity (Wildman–Crippen MR) is 52.3 cm³/mol. The van der Waals surface area contributed by atoms with E-state index >= 15 is 0 Å². The number of nitrogens with zero attached hydrogens (tertiary/aromatic N) is 5. The van der Waals surface area contributed by atoms with E-state index in [1.807, 2.05) is 6.92 Å². The Morgan fingerprint density at radius 2 is 2.21 bits per heavy atom. The summed E-state index contributed by atoms with van der Waals surface area (Å²) in [4.78, 5) is 10.6. The summed E-state index contributed by atoms with van der Waals surface area (Å²) in [5.41, 5.74) is 8.78. The van der Waals surface area contributed by atoms with Gasteiger partial charge in [0.05, 0.1) is 5.56 Å². The Bertz CT molecular complexity index is 391. The third-order valence-corrected chi connectivity index (χ3v) is 1.41. The lowest BCUT2D eigenvalue weighted by Crippen LogP contribution is -1.86. The Morgan fingerprint density at radius 3 is 2.86 bits per heavy atom. The summed E-state index contributed by atoms with van der Waals surface area (Å²) in [6, 6.07) is 0. The Hall–Kier alpha value is -2.05. The van der Waals surface area contributed by atoms with Crippen molar-refractivity contribution in [3.8, 4) is 11.8 Å². The van der Waals surface area contributed by atoms with Gasteiger partial charge in [-0.25, -0.2) is 9.97 Å². The highest BCUT2D eigenvalue weighted by atomic mass is 15.1. The number of hydrogen-bond acceptors (Lipinski definition) is 3. The van der Waals surface area contributed by atoms with E-state index < -0.39 is 0 Å². The van der Waals surface area contributed by atoms with Crippen LogP contribution in [-0.4, -0.2) is 16.5 Å². The third kappa shape index (κ3) is 3.57. The van der Waals surface area contributed by atoms with Gasteiger partial charge in [0, 0.05) is 30.3 Å². The summed E-state index contributed by atoms with van der Waals surface area (Å²) < 4.78 is 0. The van der Waals surface area contributed by atoms with Crippen LogP contribution in [0.4, 0.5) is 0 Å². The van der Waals surface area contributed by atoms with Gasteiger partial charge in [0.2, 0.25) is 0 Å². The molecule has 0 radical (unpaired) electrons. The monoisotopic (exact) mass is 187 g/mol. The second-order valence-corrected chi connectivity index (χ2v) is 2.53. The van der Waals surface area contributed by atoms with Crippen LogP contribution < -0.4 is 0 Å². The van der Waals surface area contributed by atoms with Gasteiger partial charge in [-0.3, -0.25) is 0 Å². The number of rotatable bonds is 2. The molecule has 0 aliphatic carbocycles. The van der Waals surface area contributed by atoms with Crippen molar-refractivity contribution in [2.45, 2.75) is 13.3 Å². The molecule has 5 heteroatoms. The van der Waals surface area contributed by atoms with Gasteiger partial charge >= 0.3 is 0 Å². The quantitative estimate of drug-likeness (QED) is 0.233. The number of hydrogen-bond donors (Lipinski definition) is 0. The van der Waals surface area contributed by atoms with Crippen LogP contribution in [0, 0.1) is 18.8 Å². The molecule has 70 valence electrons. The predicted octanol–water partition coefficient (Wildman–Crippen LogP) is 1.84. The van der Waals surface area contributed by atoms with Gasteiger partial charge < -0.3 is 0 Å². The molecule has 1 heterocycles. The third-order valence-electron chi connectivity index (χ3n) is 1.41. The summed E-state index contributed by atoms with van der Waals surface area (Å²) in [5.74, 6) is 6.46. The molecule has 0 saturated carbocycles. The van der Waals surface area contributed by atoms with Crippen LogP contribution >= 0.6 is 0 Å². The fourth-order valence-electron chi connectivity index (χ4n) is 0.772. The Kier molecular flexibility index (Phi) is 3.99. The first kappa shape index (κ1) is 10.0. The molecular weight excluding hydrogens is 178 g/mol. The van der Waals surface area contributed by atoms with Crippen molar-refractivity contribution in [3.05, 3.63) is 34.2 Å². The minimum absolute atomic E-state index is 0.399. The van der Waals surface area contributed by atoms with Crippen molar-refractivity contribution in [1.29, 1.82) is 0 Å². The minimum atomic E-state index is 0.399. The van der Waals surface area contributed by atoms with Crippen LogP contribution in [0.3, 0.4) is 0 Å². The molecule has 1 rings (SSSR count). The smallest absolute Gasteiger partial charge is 0.125 e.